The minimum absolute atomic E-state index is 0.0583. The van der Waals surface area contributed by atoms with Crippen LogP contribution in [0, 0.1) is 5.92 Å². The normalized spacial score (nSPS) is 18.2. The van der Waals surface area contributed by atoms with Crippen molar-refractivity contribution in [1.29, 1.82) is 0 Å². The first-order chi connectivity index (χ1) is 26.3. The first-order valence-electron chi connectivity index (χ1n) is 18.8. The maximum atomic E-state index is 14.4. The summed E-state index contributed by atoms with van der Waals surface area (Å²) in [6.07, 6.45) is 3.94. The number of ether oxygens (including phenoxy) is 1. The number of para-hydroxylation sites is 1. The number of H-pyrrole nitrogens is 1. The van der Waals surface area contributed by atoms with Gasteiger partial charge in [-0.2, -0.15) is 11.8 Å². The smallest absolute Gasteiger partial charge is 0.243 e. The third kappa shape index (κ3) is 12.7. The van der Waals surface area contributed by atoms with Gasteiger partial charge in [-0.15, -0.1) is 0 Å². The maximum absolute atomic E-state index is 14.4. The van der Waals surface area contributed by atoms with Crippen LogP contribution in [-0.4, -0.2) is 95.0 Å². The largest absolute Gasteiger partial charge is 0.492 e. The van der Waals surface area contributed by atoms with E-state index in [4.69, 9.17) is 16.2 Å². The number of amides is 4. The highest BCUT2D eigenvalue weighted by Gasteiger charge is 2.36. The molecule has 1 aliphatic rings. The van der Waals surface area contributed by atoms with Crippen LogP contribution in [0.15, 0.2) is 54.7 Å². The zero-order chi connectivity index (χ0) is 40.0. The summed E-state index contributed by atoms with van der Waals surface area (Å²) in [7, 11) is 0. The number of fused-ring (bicyclic) bond motifs is 1. The molecule has 1 aliphatic heterocycles. The fourth-order valence-corrected chi connectivity index (χ4v) is 7.66. The predicted molar refractivity (Wildman–Crippen MR) is 213 cm³/mol. The number of aromatic nitrogens is 1. The van der Waals surface area contributed by atoms with Crippen LogP contribution < -0.4 is 37.5 Å². The van der Waals surface area contributed by atoms with Crippen molar-refractivity contribution in [2.24, 2.45) is 17.4 Å². The van der Waals surface area contributed by atoms with E-state index in [-0.39, 0.29) is 36.7 Å². The van der Waals surface area contributed by atoms with Crippen molar-refractivity contribution in [2.45, 2.75) is 89.4 Å². The predicted octanol–water partition coefficient (Wildman–Crippen LogP) is 2.07. The number of hydrogen-bond acceptors (Lipinski definition) is 10. The molecule has 2 heterocycles. The molecule has 4 amide bonds. The first-order valence-corrected chi connectivity index (χ1v) is 20.0. The Labute approximate surface area is 326 Å². The molecular weight excluding hydrogens is 723 g/mol. The number of ketones is 2. The zero-order valence-electron chi connectivity index (χ0n) is 31.9. The molecule has 3 aromatic rings. The topological polar surface area (TPSA) is 228 Å². The number of nitrogens with two attached hydrogens (primary N) is 2. The highest BCUT2D eigenvalue weighted by molar-refractivity contribution is 7.99. The lowest BCUT2D eigenvalue weighted by Gasteiger charge is -2.31. The number of thioether (sulfide) groups is 1. The lowest BCUT2D eigenvalue weighted by Crippen LogP contribution is -2.60. The number of hydrogen-bond donors (Lipinski definition) is 7. The van der Waals surface area contributed by atoms with Gasteiger partial charge >= 0.3 is 0 Å². The summed E-state index contributed by atoms with van der Waals surface area (Å²) in [5.74, 6) is -1.72. The van der Waals surface area contributed by atoms with Gasteiger partial charge in [0.05, 0.1) is 17.5 Å². The summed E-state index contributed by atoms with van der Waals surface area (Å²) in [5, 5.41) is 12.3. The molecule has 9 N–H and O–H groups in total. The lowest BCUT2D eigenvalue weighted by molar-refractivity contribution is -0.135. The standard InChI is InChI=1S/C40H55N7O7S/c1-25(48)40(3,15-6-7-16-41)47-39(53)35(21-28-23-43-32-9-5-4-8-31(28)32)46-38(52)34(20-27-10-12-30(13-11-27)54-18-17-42)45-37(51)29-22-36(50)33(44-26(2)49)14-19-55-24-29/h4-5,8-13,23,29,33-35,43H,6-7,14-22,24,41-42H2,1-3H3,(H,44,49)(H,45,51)(H,46,52)(H,47,53)/t29-,33-,34-,35-,40?/m0/s1. The number of carbonyl (C=O) groups is 6. The van der Waals surface area contributed by atoms with Crippen LogP contribution in [0.1, 0.15) is 64.0 Å². The molecule has 15 heteroatoms. The van der Waals surface area contributed by atoms with Crippen molar-refractivity contribution >= 4 is 57.9 Å². The molecule has 14 nitrogen and oxygen atoms in total. The van der Waals surface area contributed by atoms with Crippen LogP contribution in [0.4, 0.5) is 0 Å². The molecule has 2 aromatic carbocycles. The first kappa shape index (κ1) is 43.0. The molecule has 1 unspecified atom stereocenters. The monoisotopic (exact) mass is 777 g/mol. The highest BCUT2D eigenvalue weighted by Crippen LogP contribution is 2.23. The van der Waals surface area contributed by atoms with E-state index in [1.54, 1.807) is 37.4 Å². The van der Waals surface area contributed by atoms with Gasteiger partial charge in [-0.05, 0) is 81.2 Å². The minimum atomic E-state index is -1.20. The Bertz CT molecular complexity index is 1800. The van der Waals surface area contributed by atoms with Crippen molar-refractivity contribution in [3.05, 3.63) is 65.9 Å². The summed E-state index contributed by atoms with van der Waals surface area (Å²) >= 11 is 1.50. The number of carbonyl (C=O) groups excluding carboxylic acids is 6. The second-order valence-electron chi connectivity index (χ2n) is 14.3. The zero-order valence-corrected chi connectivity index (χ0v) is 32.7. The van der Waals surface area contributed by atoms with Crippen LogP contribution in [0.25, 0.3) is 10.9 Å². The molecular formula is C40H55N7O7S. The van der Waals surface area contributed by atoms with Gasteiger partial charge < -0.3 is 42.5 Å². The summed E-state index contributed by atoms with van der Waals surface area (Å²) in [6.45, 7) is 5.56. The van der Waals surface area contributed by atoms with Crippen LogP contribution in [0.3, 0.4) is 0 Å². The van der Waals surface area contributed by atoms with E-state index in [0.29, 0.717) is 68.2 Å². The molecule has 0 radical (unpaired) electrons. The average Bonchev–Trinajstić information content (AvgIpc) is 3.56. The third-order valence-corrected chi connectivity index (χ3v) is 11.0. The third-order valence-electron chi connectivity index (χ3n) is 9.88. The van der Waals surface area contributed by atoms with Gasteiger partial charge in [0.15, 0.2) is 11.6 Å². The second kappa shape index (κ2) is 20.8. The molecule has 5 atom stereocenters. The van der Waals surface area contributed by atoms with Crippen molar-refractivity contribution in [3.63, 3.8) is 0 Å². The quantitative estimate of drug-likeness (QED) is 0.0877. The van der Waals surface area contributed by atoms with Gasteiger partial charge in [0.1, 0.15) is 24.4 Å². The molecule has 0 bridgehead atoms. The second-order valence-corrected chi connectivity index (χ2v) is 15.4. The summed E-state index contributed by atoms with van der Waals surface area (Å²) in [5.41, 5.74) is 12.4. The molecule has 1 aromatic heterocycles. The van der Waals surface area contributed by atoms with Crippen molar-refractivity contribution in [1.82, 2.24) is 26.3 Å². The average molecular weight is 778 g/mol. The van der Waals surface area contributed by atoms with Gasteiger partial charge in [-0.25, -0.2) is 0 Å². The molecule has 0 aliphatic carbocycles. The molecule has 298 valence electrons. The van der Waals surface area contributed by atoms with Gasteiger partial charge in [-0.1, -0.05) is 30.3 Å². The van der Waals surface area contributed by atoms with E-state index in [1.165, 1.54) is 25.6 Å². The summed E-state index contributed by atoms with van der Waals surface area (Å²) < 4.78 is 5.61. The van der Waals surface area contributed by atoms with Gasteiger partial charge in [-0.3, -0.25) is 28.8 Å². The van der Waals surface area contributed by atoms with Crippen LogP contribution >= 0.6 is 11.8 Å². The fraction of sp³-hybridized carbons (Fsp3) is 0.500. The number of rotatable bonds is 19. The van der Waals surface area contributed by atoms with E-state index < -0.39 is 47.3 Å². The highest BCUT2D eigenvalue weighted by atomic mass is 32.2. The number of nitrogens with one attached hydrogen (secondary N) is 5. The molecule has 0 spiro atoms. The van der Waals surface area contributed by atoms with Crippen molar-refractivity contribution < 1.29 is 33.5 Å². The van der Waals surface area contributed by atoms with Gasteiger partial charge in [0.25, 0.3) is 0 Å². The maximum Gasteiger partial charge on any atom is 0.243 e. The number of aromatic amines is 1. The Morgan fingerprint density at radius 2 is 1.67 bits per heavy atom. The Morgan fingerprint density at radius 1 is 0.945 bits per heavy atom. The van der Waals surface area contributed by atoms with E-state index in [1.807, 2.05) is 24.3 Å². The van der Waals surface area contributed by atoms with E-state index in [9.17, 15) is 28.8 Å². The molecule has 55 heavy (non-hydrogen) atoms. The van der Waals surface area contributed by atoms with Crippen LogP contribution in [0.5, 0.6) is 5.75 Å². The molecule has 1 saturated heterocycles. The van der Waals surface area contributed by atoms with Gasteiger partial charge in [0.2, 0.25) is 23.6 Å². The Morgan fingerprint density at radius 3 is 2.36 bits per heavy atom. The van der Waals surface area contributed by atoms with Crippen LogP contribution in [0.2, 0.25) is 0 Å². The van der Waals surface area contributed by atoms with Crippen molar-refractivity contribution in [2.75, 3.05) is 31.2 Å². The molecule has 0 saturated carbocycles. The SMILES string of the molecule is CC(=O)N[C@H]1CCSC[C@@H](C(=O)N[C@@H](Cc2ccc(OCCN)cc2)C(=O)N[C@@H](Cc2c[nH]c3ccccc23)C(=O)NC(C)(CCCCN)C(C)=O)CC1=O. The van der Waals surface area contributed by atoms with E-state index >= 15 is 0 Å². The summed E-state index contributed by atoms with van der Waals surface area (Å²) in [6, 6.07) is 11.7. The molecule has 1 fully saturated rings. The Hall–Kier alpha value is -4.73. The fourth-order valence-electron chi connectivity index (χ4n) is 6.54. The van der Waals surface area contributed by atoms with Gasteiger partial charge in [0, 0.05) is 55.6 Å². The van der Waals surface area contributed by atoms with Crippen molar-refractivity contribution in [3.8, 4) is 5.75 Å². The number of unbranched alkanes of at least 4 members (excludes halogenated alkanes) is 1. The summed E-state index contributed by atoms with van der Waals surface area (Å²) in [4.78, 5) is 83.5. The number of benzene rings is 2. The lowest BCUT2D eigenvalue weighted by atomic mass is 9.89. The van der Waals surface area contributed by atoms with Crippen LogP contribution in [-0.2, 0) is 41.6 Å². The molecule has 4 rings (SSSR count). The number of Topliss-reactive ketones (excluding diaryl/α,β-unsaturated/α-hetero) is 2. The van der Waals surface area contributed by atoms with E-state index in [0.717, 1.165) is 16.5 Å². The minimum Gasteiger partial charge on any atom is -0.492 e. The van der Waals surface area contributed by atoms with E-state index in [2.05, 4.69) is 26.3 Å². The Balaban J connectivity index is 1.63. The Kier molecular flexibility index (Phi) is 16.3.